The van der Waals surface area contributed by atoms with Crippen LogP contribution in [0.5, 0.6) is 0 Å². The van der Waals surface area contributed by atoms with Gasteiger partial charge in [-0.15, -0.1) is 11.6 Å². The predicted octanol–water partition coefficient (Wildman–Crippen LogP) is 3.51. The molecule has 0 spiro atoms. The lowest BCUT2D eigenvalue weighted by molar-refractivity contribution is -0.0956. The summed E-state index contributed by atoms with van der Waals surface area (Å²) in [5.74, 6) is -0.508. The van der Waals surface area contributed by atoms with Crippen LogP contribution in [0.1, 0.15) is 12.8 Å². The Morgan fingerprint density at radius 2 is 2.20 bits per heavy atom. The van der Waals surface area contributed by atoms with Crippen LogP contribution in [0.15, 0.2) is 11.6 Å². The Morgan fingerprint density at radius 1 is 1.60 bits per heavy atom. The van der Waals surface area contributed by atoms with Crippen molar-refractivity contribution in [2.75, 3.05) is 0 Å². The number of alkyl halides is 4. The summed E-state index contributed by atoms with van der Waals surface area (Å²) in [5.41, 5.74) is -0.606. The molecular formula is C9H9ClF3NS. The van der Waals surface area contributed by atoms with Crippen LogP contribution in [0.2, 0.25) is 0 Å². The van der Waals surface area contributed by atoms with Crippen molar-refractivity contribution in [2.45, 2.75) is 24.4 Å². The molecule has 0 aromatic heterocycles. The van der Waals surface area contributed by atoms with Crippen molar-refractivity contribution in [3.63, 3.8) is 0 Å². The summed E-state index contributed by atoms with van der Waals surface area (Å²) in [4.78, 5) is 0. The molecule has 0 aromatic carbocycles. The Hall–Kier alpha value is -0.420. The Bertz CT molecular complexity index is 311. The molecule has 0 bridgehead atoms. The Kier molecular flexibility index (Phi) is 3.89. The first-order valence-electron chi connectivity index (χ1n) is 4.30. The van der Waals surface area contributed by atoms with Gasteiger partial charge in [-0.3, -0.25) is 0 Å². The molecule has 84 valence electrons. The molecule has 0 saturated carbocycles. The van der Waals surface area contributed by atoms with Gasteiger partial charge in [0.1, 0.15) is 0 Å². The van der Waals surface area contributed by atoms with E-state index in [2.05, 4.69) is 12.2 Å². The summed E-state index contributed by atoms with van der Waals surface area (Å²) in [7, 11) is 0. The third-order valence-corrected chi connectivity index (χ3v) is 2.85. The second-order valence-corrected chi connectivity index (χ2v) is 4.21. The molecule has 0 aliphatic heterocycles. The van der Waals surface area contributed by atoms with Crippen molar-refractivity contribution in [3.8, 4) is 0 Å². The minimum atomic E-state index is -4.35. The lowest BCUT2D eigenvalue weighted by Crippen LogP contribution is -2.27. The summed E-state index contributed by atoms with van der Waals surface area (Å²) < 4.78 is 37.3. The highest BCUT2D eigenvalue weighted by Gasteiger charge is 2.38. The maximum Gasteiger partial charge on any atom is 0.412 e. The van der Waals surface area contributed by atoms with Crippen LogP contribution in [0.4, 0.5) is 13.2 Å². The van der Waals surface area contributed by atoms with Gasteiger partial charge in [0.05, 0.1) is 5.38 Å². The van der Waals surface area contributed by atoms with Crippen molar-refractivity contribution in [1.82, 2.24) is 0 Å². The summed E-state index contributed by atoms with van der Waals surface area (Å²) in [6, 6.07) is 0. The number of nitrogens with one attached hydrogen (secondary N) is 1. The minimum Gasteiger partial charge on any atom is -0.304 e. The summed E-state index contributed by atoms with van der Waals surface area (Å²) >= 11 is 10.2. The molecule has 15 heavy (non-hydrogen) atoms. The molecule has 1 nitrogen and oxygen atoms in total. The zero-order valence-corrected chi connectivity index (χ0v) is 9.22. The van der Waals surface area contributed by atoms with Crippen LogP contribution in [0.3, 0.4) is 0 Å². The Balaban J connectivity index is 2.85. The summed E-state index contributed by atoms with van der Waals surface area (Å²) in [6.45, 7) is 0. The third kappa shape index (κ3) is 3.28. The summed E-state index contributed by atoms with van der Waals surface area (Å²) in [6.07, 6.45) is -3.19. The molecular weight excluding hydrogens is 247 g/mol. The molecule has 0 aromatic rings. The van der Waals surface area contributed by atoms with Crippen molar-refractivity contribution in [2.24, 2.45) is 5.92 Å². The van der Waals surface area contributed by atoms with Gasteiger partial charge in [-0.1, -0.05) is 18.3 Å². The first-order chi connectivity index (χ1) is 6.84. The minimum absolute atomic E-state index is 0.0468. The van der Waals surface area contributed by atoms with E-state index in [0.717, 1.165) is 11.4 Å². The van der Waals surface area contributed by atoms with Gasteiger partial charge in [0.2, 0.25) is 0 Å². The van der Waals surface area contributed by atoms with Gasteiger partial charge in [-0.2, -0.15) is 13.2 Å². The number of thiocarbonyl (C=S) groups is 1. The third-order valence-electron chi connectivity index (χ3n) is 2.29. The van der Waals surface area contributed by atoms with Gasteiger partial charge in [0, 0.05) is 22.6 Å². The highest BCUT2D eigenvalue weighted by Crippen LogP contribution is 2.37. The molecule has 0 radical (unpaired) electrons. The molecule has 1 aliphatic rings. The molecule has 2 atom stereocenters. The van der Waals surface area contributed by atoms with Crippen LogP contribution < -0.4 is 0 Å². The molecule has 1 N–H and O–H groups in total. The molecule has 0 amide bonds. The fourth-order valence-corrected chi connectivity index (χ4v) is 2.08. The van der Waals surface area contributed by atoms with Crippen LogP contribution in [0.25, 0.3) is 0 Å². The Labute approximate surface area is 95.8 Å². The van der Waals surface area contributed by atoms with Crippen LogP contribution in [-0.2, 0) is 0 Å². The van der Waals surface area contributed by atoms with Crippen LogP contribution >= 0.6 is 23.8 Å². The fraction of sp³-hybridized carbons (Fsp3) is 0.556. The van der Waals surface area contributed by atoms with Gasteiger partial charge < -0.3 is 5.41 Å². The maximum atomic E-state index is 12.4. The van der Waals surface area contributed by atoms with Crippen molar-refractivity contribution in [3.05, 3.63) is 11.6 Å². The Morgan fingerprint density at radius 3 is 2.67 bits per heavy atom. The number of halogens is 4. The molecule has 1 aliphatic carbocycles. The highest BCUT2D eigenvalue weighted by molar-refractivity contribution is 7.80. The van der Waals surface area contributed by atoms with Crippen LogP contribution in [-0.4, -0.2) is 22.6 Å². The molecule has 6 heteroatoms. The first kappa shape index (κ1) is 12.6. The van der Waals surface area contributed by atoms with Crippen molar-refractivity contribution < 1.29 is 13.2 Å². The van der Waals surface area contributed by atoms with E-state index in [4.69, 9.17) is 17.0 Å². The number of hydrogen-bond donors (Lipinski definition) is 1. The maximum absolute atomic E-state index is 12.4. The first-order valence-corrected chi connectivity index (χ1v) is 5.21. The van der Waals surface area contributed by atoms with Gasteiger partial charge in [0.15, 0.2) is 0 Å². The van der Waals surface area contributed by atoms with Crippen LogP contribution in [0, 0.1) is 11.3 Å². The van der Waals surface area contributed by atoms with Crippen molar-refractivity contribution >= 4 is 34.9 Å². The zero-order valence-electron chi connectivity index (χ0n) is 7.64. The van der Waals surface area contributed by atoms with Gasteiger partial charge in [0.25, 0.3) is 0 Å². The second kappa shape index (κ2) is 4.61. The molecule has 0 saturated heterocycles. The number of hydrogen-bond acceptors (Lipinski definition) is 2. The van der Waals surface area contributed by atoms with E-state index in [0.29, 0.717) is 6.42 Å². The summed E-state index contributed by atoms with van der Waals surface area (Å²) in [5, 5.41) is 7.84. The fourth-order valence-electron chi connectivity index (χ4n) is 1.52. The van der Waals surface area contributed by atoms with E-state index < -0.39 is 23.0 Å². The second-order valence-electron chi connectivity index (χ2n) is 3.42. The average Bonchev–Trinajstić information content (AvgIpc) is 2.14. The van der Waals surface area contributed by atoms with Gasteiger partial charge in [-0.25, -0.2) is 0 Å². The standard InChI is InChI=1S/C9H9ClF3NS/c10-7-2-5(8(14)4-15)1-6(3-7)9(11,12)13/h3-5,7,14H,1-2H2. The molecule has 2 unspecified atom stereocenters. The van der Waals surface area contributed by atoms with E-state index in [9.17, 15) is 13.2 Å². The monoisotopic (exact) mass is 255 g/mol. The smallest absolute Gasteiger partial charge is 0.304 e. The highest BCUT2D eigenvalue weighted by atomic mass is 35.5. The van der Waals surface area contributed by atoms with Crippen molar-refractivity contribution in [1.29, 1.82) is 5.41 Å². The molecule has 1 rings (SSSR count). The van der Waals surface area contributed by atoms with Gasteiger partial charge in [-0.05, 0) is 12.8 Å². The normalized spacial score (nSPS) is 27.1. The lowest BCUT2D eigenvalue weighted by atomic mass is 9.85. The molecule has 0 heterocycles. The quantitative estimate of drug-likeness (QED) is 0.347. The zero-order chi connectivity index (χ0) is 11.6. The van der Waals surface area contributed by atoms with E-state index in [-0.39, 0.29) is 12.1 Å². The predicted molar refractivity (Wildman–Crippen MR) is 57.9 cm³/mol. The van der Waals surface area contributed by atoms with Gasteiger partial charge >= 0.3 is 6.18 Å². The van der Waals surface area contributed by atoms with E-state index in [1.807, 2.05) is 0 Å². The van der Waals surface area contributed by atoms with E-state index in [1.54, 1.807) is 0 Å². The average molecular weight is 256 g/mol. The SMILES string of the molecule is N=C(C=S)C1CC(C(F)(F)F)=CC(Cl)C1. The van der Waals surface area contributed by atoms with E-state index >= 15 is 0 Å². The number of rotatable bonds is 2. The largest absolute Gasteiger partial charge is 0.412 e. The number of allylic oxidation sites excluding steroid dienone is 2. The topological polar surface area (TPSA) is 23.9 Å². The van der Waals surface area contributed by atoms with E-state index in [1.165, 1.54) is 0 Å². The lowest BCUT2D eigenvalue weighted by Gasteiger charge is -2.26. The molecule has 0 fully saturated rings.